The van der Waals surface area contributed by atoms with E-state index in [9.17, 15) is 31.9 Å². The summed E-state index contributed by atoms with van der Waals surface area (Å²) in [6.07, 6.45) is -1.79. The van der Waals surface area contributed by atoms with E-state index in [0.29, 0.717) is 6.42 Å². The van der Waals surface area contributed by atoms with E-state index in [1.807, 2.05) is 6.92 Å². The highest BCUT2D eigenvalue weighted by atomic mass is 19.4. The Hall–Kier alpha value is -5.02. The number of pyridine rings is 1. The summed E-state index contributed by atoms with van der Waals surface area (Å²) in [5, 5.41) is 23.0. The first-order valence-electron chi connectivity index (χ1n) is 13.9. The molecule has 0 radical (unpaired) electrons. The van der Waals surface area contributed by atoms with Crippen LogP contribution in [0, 0.1) is 11.6 Å². The molecule has 1 aromatic heterocycles. The lowest BCUT2D eigenvalue weighted by Crippen LogP contribution is -2.29. The molecule has 0 bridgehead atoms. The zero-order valence-electron chi connectivity index (χ0n) is 24.1. The molecule has 0 aliphatic carbocycles. The molecule has 240 valence electrons. The van der Waals surface area contributed by atoms with Gasteiger partial charge in [-0.25, -0.2) is 23.5 Å². The van der Waals surface area contributed by atoms with Crippen LogP contribution in [0.15, 0.2) is 67.1 Å². The summed E-state index contributed by atoms with van der Waals surface area (Å²) in [5.41, 5.74) is -0.945. The maximum absolute atomic E-state index is 14.4. The lowest BCUT2D eigenvalue weighted by atomic mass is 10.0. The number of halogens is 5. The fourth-order valence-corrected chi connectivity index (χ4v) is 4.50. The van der Waals surface area contributed by atoms with E-state index in [4.69, 9.17) is 14.6 Å². The van der Waals surface area contributed by atoms with Gasteiger partial charge in [0.05, 0.1) is 42.4 Å². The number of nitrogens with zero attached hydrogens (tertiary/aromatic N) is 5. The summed E-state index contributed by atoms with van der Waals surface area (Å²) in [6, 6.07) is 8.34. The maximum Gasteiger partial charge on any atom is 0.417 e. The number of esters is 1. The van der Waals surface area contributed by atoms with E-state index in [-0.39, 0.29) is 52.0 Å². The Morgan fingerprint density at radius 1 is 1.00 bits per heavy atom. The number of hydrogen-bond donors (Lipinski definition) is 2. The number of benzene rings is 2. The van der Waals surface area contributed by atoms with Crippen molar-refractivity contribution in [2.75, 3.05) is 19.8 Å². The zero-order valence-corrected chi connectivity index (χ0v) is 24.1. The van der Waals surface area contributed by atoms with Crippen LogP contribution < -0.4 is 4.74 Å². The second-order valence-electron chi connectivity index (χ2n) is 10.1. The number of aliphatic hydroxyl groups is 2. The molecule has 2 unspecified atom stereocenters. The van der Waals surface area contributed by atoms with Crippen molar-refractivity contribution in [2.45, 2.75) is 31.7 Å². The van der Waals surface area contributed by atoms with E-state index in [1.165, 1.54) is 55.0 Å². The van der Waals surface area contributed by atoms with Crippen LogP contribution in [-0.2, 0) is 15.7 Å². The van der Waals surface area contributed by atoms with Gasteiger partial charge in [-0.15, -0.1) is 0 Å². The zero-order chi connectivity index (χ0) is 33.0. The number of hydrogen-bond acceptors (Lipinski definition) is 9. The summed E-state index contributed by atoms with van der Waals surface area (Å²) in [4.78, 5) is 25.9. The van der Waals surface area contributed by atoms with Crippen LogP contribution in [0.4, 0.5) is 22.0 Å². The molecular formula is C31H26F5N5O5. The minimum atomic E-state index is -4.72. The second kappa shape index (κ2) is 13.5. The Bertz CT molecular complexity index is 1800. The van der Waals surface area contributed by atoms with Gasteiger partial charge in [-0.1, -0.05) is 19.1 Å². The number of imidazole rings is 1. The molecule has 10 nitrogen and oxygen atoms in total. The van der Waals surface area contributed by atoms with Crippen molar-refractivity contribution in [2.24, 2.45) is 0 Å². The number of aliphatic hydroxyl groups excluding tert-OH is 2. The van der Waals surface area contributed by atoms with Crippen molar-refractivity contribution < 1.29 is 46.4 Å². The average Bonchev–Trinajstić information content (AvgIpc) is 3.47. The lowest BCUT2D eigenvalue weighted by Gasteiger charge is -2.20. The number of carbonyl (C=O) groups excluding carboxylic acids is 1. The van der Waals surface area contributed by atoms with Crippen LogP contribution in [0.3, 0.4) is 0 Å². The third-order valence-corrected chi connectivity index (χ3v) is 6.74. The monoisotopic (exact) mass is 643 g/mol. The van der Waals surface area contributed by atoms with E-state index in [2.05, 4.69) is 20.1 Å². The first-order valence-corrected chi connectivity index (χ1v) is 13.9. The van der Waals surface area contributed by atoms with Gasteiger partial charge in [0.2, 0.25) is 0 Å². The Kier molecular flexibility index (Phi) is 9.53. The molecule has 2 aliphatic heterocycles. The Labute approximate surface area is 258 Å². The highest BCUT2D eigenvalue weighted by Gasteiger charge is 2.35. The Morgan fingerprint density at radius 2 is 1.78 bits per heavy atom. The van der Waals surface area contributed by atoms with Crippen molar-refractivity contribution in [3.05, 3.63) is 89.9 Å². The van der Waals surface area contributed by atoms with E-state index < -0.39 is 54.7 Å². The molecule has 0 spiro atoms. The average molecular weight is 644 g/mol. The molecule has 0 fully saturated rings. The topological polar surface area (TPSA) is 132 Å². The maximum atomic E-state index is 14.4. The molecule has 2 N–H and O–H groups in total. The standard InChI is InChI=1S/C31H26F5N5O5/c1-2-10-45-19-7-8-20(22(11-19)31(34,35)36)24-9-6-17(12-37-24)28(30(44)46-16-18(43)15-42)41-14-26-25(13-38-41)39-29(40-26)21-4-3-5-23(32)27(21)33/h3-9,11-14,18,28,42-43H,2,10,15-16H2,1H3. The molecule has 0 amide bonds. The molecule has 0 saturated heterocycles. The summed E-state index contributed by atoms with van der Waals surface area (Å²) in [5.74, 6) is -3.27. The summed E-state index contributed by atoms with van der Waals surface area (Å²) in [7, 11) is 0. The number of ether oxygens (including phenoxy) is 2. The van der Waals surface area contributed by atoms with E-state index in [0.717, 1.165) is 16.8 Å². The third kappa shape index (κ3) is 6.94. The molecule has 15 heteroatoms. The normalized spacial score (nSPS) is 13.0. The van der Waals surface area contributed by atoms with Crippen molar-refractivity contribution in [1.29, 1.82) is 0 Å². The minimum Gasteiger partial charge on any atom is -0.494 e. The molecule has 2 atom stereocenters. The summed E-state index contributed by atoms with van der Waals surface area (Å²) < 4.78 is 81.8. The Balaban J connectivity index is 1.53. The van der Waals surface area contributed by atoms with Crippen LogP contribution >= 0.6 is 0 Å². The number of rotatable bonds is 11. The summed E-state index contributed by atoms with van der Waals surface area (Å²) in [6.45, 7) is 0.818. The predicted molar refractivity (Wildman–Crippen MR) is 152 cm³/mol. The highest BCUT2D eigenvalue weighted by molar-refractivity contribution is 5.78. The van der Waals surface area contributed by atoms with Gasteiger partial charge in [-0.3, -0.25) is 9.67 Å². The fraction of sp³-hybridized carbons (Fsp3) is 0.258. The smallest absolute Gasteiger partial charge is 0.417 e. The van der Waals surface area contributed by atoms with Gasteiger partial charge in [0, 0.05) is 17.3 Å². The van der Waals surface area contributed by atoms with Crippen molar-refractivity contribution in [1.82, 2.24) is 24.7 Å². The molecule has 46 heavy (non-hydrogen) atoms. The minimum absolute atomic E-state index is 0.0435. The summed E-state index contributed by atoms with van der Waals surface area (Å²) >= 11 is 0. The van der Waals surface area contributed by atoms with Crippen molar-refractivity contribution in [3.63, 3.8) is 0 Å². The van der Waals surface area contributed by atoms with Crippen LogP contribution in [0.2, 0.25) is 0 Å². The SMILES string of the molecule is CCCOc1ccc(-c2ccc(C(C(=O)OCC(O)CO)n3cc4nc(-c5cccc(F)c5F)nc-4cn3)cn2)c(C(F)(F)F)c1. The lowest BCUT2D eigenvalue weighted by molar-refractivity contribution is -0.150. The molecule has 3 aromatic rings. The Morgan fingerprint density at radius 3 is 2.48 bits per heavy atom. The second-order valence-corrected chi connectivity index (χ2v) is 10.1. The first-order chi connectivity index (χ1) is 22.0. The van der Waals surface area contributed by atoms with Gasteiger partial charge in [-0.2, -0.15) is 18.3 Å². The third-order valence-electron chi connectivity index (χ3n) is 6.74. The number of carbonyl (C=O) groups is 1. The number of alkyl halides is 3. The van der Waals surface area contributed by atoms with Crippen LogP contribution in [0.1, 0.15) is 30.5 Å². The fourth-order valence-electron chi connectivity index (χ4n) is 4.50. The molecule has 3 heterocycles. The van der Waals surface area contributed by atoms with Crippen LogP contribution in [0.5, 0.6) is 5.75 Å². The number of aromatic nitrogens is 5. The van der Waals surface area contributed by atoms with Crippen molar-refractivity contribution >= 4 is 5.97 Å². The largest absolute Gasteiger partial charge is 0.494 e. The molecule has 0 saturated carbocycles. The van der Waals surface area contributed by atoms with E-state index in [1.54, 1.807) is 0 Å². The first kappa shape index (κ1) is 32.4. The van der Waals surface area contributed by atoms with Gasteiger partial charge in [0.15, 0.2) is 23.5 Å². The van der Waals surface area contributed by atoms with Gasteiger partial charge >= 0.3 is 12.1 Å². The predicted octanol–water partition coefficient (Wildman–Crippen LogP) is 5.08. The highest BCUT2D eigenvalue weighted by Crippen LogP contribution is 2.39. The quantitative estimate of drug-likeness (QED) is 0.149. The van der Waals surface area contributed by atoms with Crippen LogP contribution in [-0.4, -0.2) is 66.8 Å². The van der Waals surface area contributed by atoms with Gasteiger partial charge < -0.3 is 19.7 Å². The van der Waals surface area contributed by atoms with Gasteiger partial charge in [0.1, 0.15) is 29.8 Å². The van der Waals surface area contributed by atoms with Crippen molar-refractivity contribution in [3.8, 4) is 39.8 Å². The van der Waals surface area contributed by atoms with Gasteiger partial charge in [-0.05, 0) is 42.8 Å². The molecule has 5 rings (SSSR count). The van der Waals surface area contributed by atoms with E-state index >= 15 is 0 Å². The molecule has 2 aromatic carbocycles. The van der Waals surface area contributed by atoms with Gasteiger partial charge in [0.25, 0.3) is 0 Å². The molecular weight excluding hydrogens is 617 g/mol. The van der Waals surface area contributed by atoms with Crippen LogP contribution in [0.25, 0.3) is 34.0 Å². The molecule has 2 aliphatic rings. The number of fused-ring (bicyclic) bond motifs is 1.